The molecule has 0 saturated carbocycles. The van der Waals surface area contributed by atoms with E-state index >= 15 is 0 Å². The van der Waals surface area contributed by atoms with E-state index in [0.29, 0.717) is 0 Å². The van der Waals surface area contributed by atoms with Gasteiger partial charge in [-0.25, -0.2) is 8.78 Å². The predicted molar refractivity (Wildman–Crippen MR) is 72.8 cm³/mol. The van der Waals surface area contributed by atoms with Gasteiger partial charge in [0, 0.05) is 11.7 Å². The van der Waals surface area contributed by atoms with Crippen LogP contribution >= 0.6 is 0 Å². The fourth-order valence-electron chi connectivity index (χ4n) is 2.67. The van der Waals surface area contributed by atoms with E-state index in [0.717, 1.165) is 35.9 Å². The second-order valence-corrected chi connectivity index (χ2v) is 4.98. The first-order chi connectivity index (χ1) is 9.58. The molecule has 2 aromatic rings. The van der Waals surface area contributed by atoms with Crippen LogP contribution in [0, 0.1) is 11.6 Å². The molecule has 2 nitrogen and oxygen atoms in total. The standard InChI is InChI=1S/C16H13F2NO/c1-10-8-11-4-2-3-5-15(11)19(10)16(20)13-9-12(17)6-7-14(13)18/h2-7,9-10H,8H2,1H3/t10-/m0/s1. The Bertz CT molecular complexity index is 684. The number of benzene rings is 2. The van der Waals surface area contributed by atoms with Gasteiger partial charge in [0.05, 0.1) is 5.56 Å². The highest BCUT2D eigenvalue weighted by molar-refractivity contribution is 6.07. The summed E-state index contributed by atoms with van der Waals surface area (Å²) in [5, 5.41) is 0. The lowest BCUT2D eigenvalue weighted by atomic mass is 10.1. The van der Waals surface area contributed by atoms with E-state index in [2.05, 4.69) is 0 Å². The van der Waals surface area contributed by atoms with E-state index in [9.17, 15) is 13.6 Å². The maximum atomic E-state index is 13.8. The Morgan fingerprint density at radius 3 is 2.75 bits per heavy atom. The van der Waals surface area contributed by atoms with Crippen LogP contribution in [-0.4, -0.2) is 11.9 Å². The van der Waals surface area contributed by atoms with E-state index in [4.69, 9.17) is 0 Å². The molecule has 1 aliphatic heterocycles. The molecule has 0 spiro atoms. The van der Waals surface area contributed by atoms with Crippen molar-refractivity contribution >= 4 is 11.6 Å². The summed E-state index contributed by atoms with van der Waals surface area (Å²) in [6.07, 6.45) is 0.721. The van der Waals surface area contributed by atoms with Crippen LogP contribution in [0.2, 0.25) is 0 Å². The number of fused-ring (bicyclic) bond motifs is 1. The SMILES string of the molecule is C[C@H]1Cc2ccccc2N1C(=O)c1cc(F)ccc1F. The molecule has 0 radical (unpaired) electrons. The summed E-state index contributed by atoms with van der Waals surface area (Å²) in [5.74, 6) is -1.82. The van der Waals surface area contributed by atoms with Crippen LogP contribution in [0.25, 0.3) is 0 Å². The van der Waals surface area contributed by atoms with E-state index in [-0.39, 0.29) is 11.6 Å². The van der Waals surface area contributed by atoms with E-state index in [1.165, 1.54) is 4.90 Å². The lowest BCUT2D eigenvalue weighted by Gasteiger charge is -2.23. The van der Waals surface area contributed by atoms with Gasteiger partial charge in [-0.1, -0.05) is 18.2 Å². The topological polar surface area (TPSA) is 20.3 Å². The molecule has 0 bridgehead atoms. The van der Waals surface area contributed by atoms with Crippen LogP contribution in [0.3, 0.4) is 0 Å². The third kappa shape index (κ3) is 1.97. The van der Waals surface area contributed by atoms with Crippen molar-refractivity contribution in [2.24, 2.45) is 0 Å². The summed E-state index contributed by atoms with van der Waals surface area (Å²) in [6, 6.07) is 10.4. The molecule has 102 valence electrons. The van der Waals surface area contributed by atoms with Crippen LogP contribution < -0.4 is 4.90 Å². The lowest BCUT2D eigenvalue weighted by molar-refractivity contribution is 0.0977. The quantitative estimate of drug-likeness (QED) is 0.778. The molecule has 0 aliphatic carbocycles. The smallest absolute Gasteiger partial charge is 0.261 e. The summed E-state index contributed by atoms with van der Waals surface area (Å²) in [7, 11) is 0. The first-order valence-electron chi connectivity index (χ1n) is 6.44. The molecule has 1 atom stereocenters. The number of hydrogen-bond donors (Lipinski definition) is 0. The van der Waals surface area contributed by atoms with Crippen molar-refractivity contribution in [3.05, 3.63) is 65.2 Å². The highest BCUT2D eigenvalue weighted by atomic mass is 19.1. The molecule has 2 aromatic carbocycles. The third-order valence-electron chi connectivity index (χ3n) is 3.58. The molecule has 1 amide bonds. The number of anilines is 1. The number of halogens is 2. The Hall–Kier alpha value is -2.23. The fourth-order valence-corrected chi connectivity index (χ4v) is 2.67. The molecule has 0 N–H and O–H groups in total. The van der Waals surface area contributed by atoms with E-state index < -0.39 is 17.5 Å². The van der Waals surface area contributed by atoms with Crippen molar-refractivity contribution < 1.29 is 13.6 Å². The second kappa shape index (κ2) is 4.71. The zero-order valence-electron chi connectivity index (χ0n) is 10.9. The number of para-hydroxylation sites is 1. The predicted octanol–water partition coefficient (Wildman–Crippen LogP) is 3.56. The Morgan fingerprint density at radius 2 is 1.95 bits per heavy atom. The summed E-state index contributed by atoms with van der Waals surface area (Å²) in [4.78, 5) is 14.0. The van der Waals surface area contributed by atoms with Crippen LogP contribution in [0.1, 0.15) is 22.8 Å². The zero-order valence-corrected chi connectivity index (χ0v) is 10.9. The van der Waals surface area contributed by atoms with Crippen molar-refractivity contribution in [3.8, 4) is 0 Å². The summed E-state index contributed by atoms with van der Waals surface area (Å²) < 4.78 is 27.0. The number of carbonyl (C=O) groups excluding carboxylic acids is 1. The van der Waals surface area contributed by atoms with Crippen molar-refractivity contribution in [2.45, 2.75) is 19.4 Å². The molecule has 3 rings (SSSR count). The normalized spacial score (nSPS) is 17.1. The number of rotatable bonds is 1. The Kier molecular flexibility index (Phi) is 3.01. The van der Waals surface area contributed by atoms with Gasteiger partial charge < -0.3 is 4.90 Å². The van der Waals surface area contributed by atoms with Gasteiger partial charge in [0.2, 0.25) is 0 Å². The van der Waals surface area contributed by atoms with Crippen LogP contribution in [0.15, 0.2) is 42.5 Å². The lowest BCUT2D eigenvalue weighted by Crippen LogP contribution is -2.36. The van der Waals surface area contributed by atoms with Gasteiger partial charge in [-0.05, 0) is 43.2 Å². The number of carbonyl (C=O) groups is 1. The van der Waals surface area contributed by atoms with Gasteiger partial charge >= 0.3 is 0 Å². The molecular weight excluding hydrogens is 260 g/mol. The summed E-state index contributed by atoms with van der Waals surface area (Å²) in [5.41, 5.74) is 1.59. The number of amides is 1. The Morgan fingerprint density at radius 1 is 1.20 bits per heavy atom. The largest absolute Gasteiger partial charge is 0.305 e. The van der Waals surface area contributed by atoms with Crippen LogP contribution in [-0.2, 0) is 6.42 Å². The first-order valence-corrected chi connectivity index (χ1v) is 6.44. The molecule has 1 aliphatic rings. The Balaban J connectivity index is 2.05. The molecule has 0 aromatic heterocycles. The average Bonchev–Trinajstić information content (AvgIpc) is 2.76. The van der Waals surface area contributed by atoms with Gasteiger partial charge in [0.25, 0.3) is 5.91 Å². The van der Waals surface area contributed by atoms with Gasteiger partial charge in [-0.15, -0.1) is 0 Å². The maximum Gasteiger partial charge on any atom is 0.261 e. The number of nitrogens with zero attached hydrogens (tertiary/aromatic N) is 1. The molecule has 0 unspecified atom stereocenters. The average molecular weight is 273 g/mol. The highest BCUT2D eigenvalue weighted by Crippen LogP contribution is 2.33. The van der Waals surface area contributed by atoms with Crippen LogP contribution in [0.5, 0.6) is 0 Å². The third-order valence-corrected chi connectivity index (χ3v) is 3.58. The molecule has 4 heteroatoms. The fraction of sp³-hybridized carbons (Fsp3) is 0.188. The van der Waals surface area contributed by atoms with Crippen molar-refractivity contribution in [1.29, 1.82) is 0 Å². The zero-order chi connectivity index (χ0) is 14.3. The minimum atomic E-state index is -0.701. The molecule has 20 heavy (non-hydrogen) atoms. The van der Waals surface area contributed by atoms with Gasteiger partial charge in [0.15, 0.2) is 0 Å². The molecule has 1 heterocycles. The first kappa shape index (κ1) is 12.8. The van der Waals surface area contributed by atoms with Crippen LogP contribution in [0.4, 0.5) is 14.5 Å². The monoisotopic (exact) mass is 273 g/mol. The van der Waals surface area contributed by atoms with Crippen molar-refractivity contribution in [3.63, 3.8) is 0 Å². The summed E-state index contributed by atoms with van der Waals surface area (Å²) in [6.45, 7) is 1.90. The maximum absolute atomic E-state index is 13.8. The van der Waals surface area contributed by atoms with E-state index in [1.54, 1.807) is 0 Å². The molecule has 0 saturated heterocycles. The highest BCUT2D eigenvalue weighted by Gasteiger charge is 2.32. The number of hydrogen-bond acceptors (Lipinski definition) is 1. The minimum Gasteiger partial charge on any atom is -0.305 e. The van der Waals surface area contributed by atoms with Gasteiger partial charge in [-0.2, -0.15) is 0 Å². The Labute approximate surface area is 115 Å². The van der Waals surface area contributed by atoms with Crippen molar-refractivity contribution in [2.75, 3.05) is 4.90 Å². The minimum absolute atomic E-state index is 0.0671. The van der Waals surface area contributed by atoms with E-state index in [1.807, 2.05) is 31.2 Å². The second-order valence-electron chi connectivity index (χ2n) is 4.98. The summed E-state index contributed by atoms with van der Waals surface area (Å²) >= 11 is 0. The molecular formula is C16H13F2NO. The van der Waals surface area contributed by atoms with Gasteiger partial charge in [-0.3, -0.25) is 4.79 Å². The van der Waals surface area contributed by atoms with Gasteiger partial charge in [0.1, 0.15) is 11.6 Å². The van der Waals surface area contributed by atoms with Crippen molar-refractivity contribution in [1.82, 2.24) is 0 Å². The molecule has 0 fully saturated rings.